The number of ether oxygens (including phenoxy) is 2. The number of benzene rings is 3. The van der Waals surface area contributed by atoms with Gasteiger partial charge in [0.2, 0.25) is 0 Å². The molecule has 3 aromatic rings. The van der Waals surface area contributed by atoms with Crippen LogP contribution in [0.3, 0.4) is 0 Å². The Morgan fingerprint density at radius 2 is 1.86 bits per heavy atom. The van der Waals surface area contributed by atoms with Gasteiger partial charge >= 0.3 is 6.03 Å². The van der Waals surface area contributed by atoms with E-state index in [2.05, 4.69) is 21.2 Å². The Morgan fingerprint density at radius 3 is 2.56 bits per heavy atom. The summed E-state index contributed by atoms with van der Waals surface area (Å²) in [6.07, 6.45) is 1.39. The molecule has 0 saturated carbocycles. The molecule has 10 heteroatoms. The van der Waals surface area contributed by atoms with Crippen molar-refractivity contribution in [2.24, 2.45) is 0 Å². The third-order valence-electron chi connectivity index (χ3n) is 5.39. The second-order valence-electron chi connectivity index (χ2n) is 7.80. The van der Waals surface area contributed by atoms with Crippen molar-refractivity contribution in [3.63, 3.8) is 0 Å². The van der Waals surface area contributed by atoms with Gasteiger partial charge in [-0.2, -0.15) is 0 Å². The van der Waals surface area contributed by atoms with E-state index in [0.717, 1.165) is 9.37 Å². The fraction of sp³-hybridized carbons (Fsp3) is 0.115. The van der Waals surface area contributed by atoms with Crippen LogP contribution in [-0.2, 0) is 16.2 Å². The molecule has 1 N–H and O–H groups in total. The number of amides is 4. The number of carbonyl (C=O) groups is 3. The average Bonchev–Trinajstić information content (AvgIpc) is 2.83. The molecule has 0 unspecified atom stereocenters. The lowest BCUT2D eigenvalue weighted by Crippen LogP contribution is -2.54. The summed E-state index contributed by atoms with van der Waals surface area (Å²) in [4.78, 5) is 39.3. The van der Waals surface area contributed by atoms with Gasteiger partial charge in [-0.1, -0.05) is 34.1 Å². The molecule has 4 amide bonds. The minimum absolute atomic E-state index is 0.00995. The van der Waals surface area contributed by atoms with Gasteiger partial charge in [-0.15, -0.1) is 0 Å². The van der Waals surface area contributed by atoms with Crippen LogP contribution < -0.4 is 19.7 Å². The first-order valence-electron chi connectivity index (χ1n) is 10.6. The maximum atomic E-state index is 14.0. The van der Waals surface area contributed by atoms with Gasteiger partial charge in [0, 0.05) is 10.0 Å². The molecule has 0 aliphatic carbocycles. The second kappa shape index (κ2) is 10.8. The highest BCUT2D eigenvalue weighted by atomic mass is 127. The van der Waals surface area contributed by atoms with Crippen LogP contribution in [0.5, 0.6) is 11.5 Å². The molecular formula is C26H19BrFIN2O5. The lowest BCUT2D eigenvalue weighted by molar-refractivity contribution is -0.122. The molecule has 0 radical (unpaired) electrons. The number of barbiturate groups is 1. The Bertz CT molecular complexity index is 1430. The van der Waals surface area contributed by atoms with Gasteiger partial charge in [-0.3, -0.25) is 14.9 Å². The summed E-state index contributed by atoms with van der Waals surface area (Å²) in [5.41, 5.74) is 1.70. The number of imide groups is 2. The van der Waals surface area contributed by atoms with Crippen LogP contribution in [0.4, 0.5) is 14.9 Å². The zero-order valence-corrected chi connectivity index (χ0v) is 22.8. The van der Waals surface area contributed by atoms with Gasteiger partial charge in [-0.25, -0.2) is 14.1 Å². The predicted octanol–water partition coefficient (Wildman–Crippen LogP) is 5.76. The molecule has 1 fully saturated rings. The van der Waals surface area contributed by atoms with Crippen LogP contribution in [0.25, 0.3) is 6.08 Å². The zero-order valence-electron chi connectivity index (χ0n) is 19.1. The van der Waals surface area contributed by atoms with Crippen LogP contribution >= 0.6 is 38.5 Å². The first kappa shape index (κ1) is 25.8. The molecule has 0 spiro atoms. The summed E-state index contributed by atoms with van der Waals surface area (Å²) in [5.74, 6) is -1.20. The summed E-state index contributed by atoms with van der Waals surface area (Å²) < 4.78 is 26.7. The first-order chi connectivity index (χ1) is 17.2. The van der Waals surface area contributed by atoms with Crippen molar-refractivity contribution in [3.05, 3.63) is 90.7 Å². The number of aryl methyl sites for hydroxylation is 1. The van der Waals surface area contributed by atoms with Crippen molar-refractivity contribution in [1.29, 1.82) is 0 Å². The number of rotatable bonds is 6. The number of hydrogen-bond donors (Lipinski definition) is 1. The summed E-state index contributed by atoms with van der Waals surface area (Å²) in [7, 11) is 1.45. The van der Waals surface area contributed by atoms with E-state index in [1.165, 1.54) is 19.3 Å². The molecule has 36 heavy (non-hydrogen) atoms. The number of nitrogens with one attached hydrogen (secondary N) is 1. The number of halogens is 3. The summed E-state index contributed by atoms with van der Waals surface area (Å²) >= 11 is 5.39. The fourth-order valence-corrected chi connectivity index (χ4v) is 4.90. The van der Waals surface area contributed by atoms with E-state index in [4.69, 9.17) is 9.47 Å². The van der Waals surface area contributed by atoms with Gasteiger partial charge in [0.05, 0.1) is 16.4 Å². The van der Waals surface area contributed by atoms with Crippen molar-refractivity contribution in [2.75, 3.05) is 12.0 Å². The van der Waals surface area contributed by atoms with Crippen molar-refractivity contribution in [1.82, 2.24) is 5.32 Å². The van der Waals surface area contributed by atoms with Gasteiger partial charge in [-0.05, 0) is 83.1 Å². The summed E-state index contributed by atoms with van der Waals surface area (Å²) in [5, 5.41) is 2.22. The molecular weight excluding hydrogens is 646 g/mol. The quantitative estimate of drug-likeness (QED) is 0.206. The molecule has 4 rings (SSSR count). The van der Waals surface area contributed by atoms with Gasteiger partial charge < -0.3 is 9.47 Å². The van der Waals surface area contributed by atoms with Crippen molar-refractivity contribution in [2.45, 2.75) is 13.5 Å². The molecule has 3 aromatic carbocycles. The van der Waals surface area contributed by atoms with Crippen molar-refractivity contribution >= 4 is 68.1 Å². The molecule has 1 saturated heterocycles. The maximum Gasteiger partial charge on any atom is 0.335 e. The molecule has 1 aliphatic heterocycles. The van der Waals surface area contributed by atoms with Gasteiger partial charge in [0.15, 0.2) is 11.5 Å². The smallest absolute Gasteiger partial charge is 0.335 e. The number of methoxy groups -OCH3 is 1. The van der Waals surface area contributed by atoms with Gasteiger partial charge in [0.1, 0.15) is 18.0 Å². The number of hydrogen-bond acceptors (Lipinski definition) is 5. The van der Waals surface area contributed by atoms with E-state index in [0.29, 0.717) is 37.4 Å². The Morgan fingerprint density at radius 1 is 1.11 bits per heavy atom. The van der Waals surface area contributed by atoms with E-state index >= 15 is 0 Å². The predicted molar refractivity (Wildman–Crippen MR) is 144 cm³/mol. The van der Waals surface area contributed by atoms with Crippen LogP contribution in [0.15, 0.2) is 64.6 Å². The monoisotopic (exact) mass is 664 g/mol. The van der Waals surface area contributed by atoms with Gasteiger partial charge in [0.25, 0.3) is 11.8 Å². The topological polar surface area (TPSA) is 84.9 Å². The van der Waals surface area contributed by atoms with E-state index in [-0.39, 0.29) is 18.0 Å². The highest BCUT2D eigenvalue weighted by molar-refractivity contribution is 14.1. The summed E-state index contributed by atoms with van der Waals surface area (Å²) in [6.45, 7) is 1.75. The highest BCUT2D eigenvalue weighted by Crippen LogP contribution is 2.36. The third kappa shape index (κ3) is 5.29. The van der Waals surface area contributed by atoms with Crippen LogP contribution in [-0.4, -0.2) is 25.0 Å². The average molecular weight is 665 g/mol. The SMILES string of the molecule is COc1cc(/C=C2/C(=O)NC(=O)N(c3ccc(Br)cc3C)C2=O)cc(I)c1OCc1ccccc1F. The number of nitrogens with zero attached hydrogens (tertiary/aromatic N) is 1. The second-order valence-corrected chi connectivity index (χ2v) is 9.88. The Labute approximate surface area is 228 Å². The van der Waals surface area contributed by atoms with Crippen LogP contribution in [0, 0.1) is 16.3 Å². The molecule has 0 bridgehead atoms. The third-order valence-corrected chi connectivity index (χ3v) is 6.69. The standard InChI is InChI=1S/C26H19BrFIN2O5/c1-14-9-17(27)7-8-21(14)31-25(33)18(24(32)30-26(31)34)10-15-11-20(29)23(22(12-15)35-2)36-13-16-5-3-4-6-19(16)28/h3-12H,13H2,1-2H3,(H,30,32,34)/b18-10-. The Balaban J connectivity index is 1.66. The number of carbonyl (C=O) groups excluding carboxylic acids is 3. The Kier molecular flexibility index (Phi) is 7.74. The van der Waals surface area contributed by atoms with Crippen LogP contribution in [0.1, 0.15) is 16.7 Å². The lowest BCUT2D eigenvalue weighted by atomic mass is 10.1. The first-order valence-corrected chi connectivity index (χ1v) is 12.5. The minimum atomic E-state index is -0.823. The highest BCUT2D eigenvalue weighted by Gasteiger charge is 2.37. The molecule has 7 nitrogen and oxygen atoms in total. The minimum Gasteiger partial charge on any atom is -0.493 e. The largest absolute Gasteiger partial charge is 0.493 e. The summed E-state index contributed by atoms with van der Waals surface area (Å²) in [6, 6.07) is 13.9. The number of urea groups is 1. The van der Waals surface area contributed by atoms with Crippen molar-refractivity contribution < 1.29 is 28.2 Å². The van der Waals surface area contributed by atoms with E-state index < -0.39 is 17.8 Å². The number of anilines is 1. The Hall–Kier alpha value is -3.25. The van der Waals surface area contributed by atoms with E-state index in [1.54, 1.807) is 55.5 Å². The molecule has 1 heterocycles. The zero-order chi connectivity index (χ0) is 26.0. The van der Waals surface area contributed by atoms with Crippen molar-refractivity contribution in [3.8, 4) is 11.5 Å². The molecule has 0 atom stereocenters. The lowest BCUT2D eigenvalue weighted by Gasteiger charge is -2.27. The molecule has 0 aromatic heterocycles. The van der Waals surface area contributed by atoms with E-state index in [1.807, 2.05) is 22.6 Å². The molecule has 1 aliphatic rings. The maximum absolute atomic E-state index is 14.0. The molecule has 184 valence electrons. The van der Waals surface area contributed by atoms with Crippen LogP contribution in [0.2, 0.25) is 0 Å². The normalized spacial score (nSPS) is 14.8. The fourth-order valence-electron chi connectivity index (χ4n) is 3.64. The van der Waals surface area contributed by atoms with E-state index in [9.17, 15) is 18.8 Å².